The van der Waals surface area contributed by atoms with Gasteiger partial charge in [0.05, 0.1) is 6.61 Å². The Balaban J connectivity index is 1.81. The molecule has 0 amide bonds. The molecule has 2 aromatic carbocycles. The van der Waals surface area contributed by atoms with Gasteiger partial charge >= 0.3 is 0 Å². The van der Waals surface area contributed by atoms with Crippen molar-refractivity contribution < 1.29 is 9.53 Å². The minimum Gasteiger partial charge on any atom is -0.493 e. The van der Waals surface area contributed by atoms with Crippen molar-refractivity contribution in [3.63, 3.8) is 0 Å². The Morgan fingerprint density at radius 2 is 1.90 bits per heavy atom. The molecule has 0 atom stereocenters. The zero-order valence-corrected chi connectivity index (χ0v) is 12.2. The van der Waals surface area contributed by atoms with E-state index in [1.54, 1.807) is 0 Å². The molecule has 0 saturated carbocycles. The predicted molar refractivity (Wildman–Crippen MR) is 81.5 cm³/mol. The topological polar surface area (TPSA) is 26.3 Å². The van der Waals surface area contributed by atoms with Gasteiger partial charge in [-0.2, -0.15) is 0 Å². The highest BCUT2D eigenvalue weighted by Gasteiger charge is 2.07. The van der Waals surface area contributed by atoms with E-state index in [0.717, 1.165) is 16.9 Å². The minimum atomic E-state index is 0.131. The number of halogens is 1. The summed E-state index contributed by atoms with van der Waals surface area (Å²) in [6.07, 6.45) is 0.746. The van der Waals surface area contributed by atoms with Crippen LogP contribution < -0.4 is 4.74 Å². The van der Waals surface area contributed by atoms with Crippen molar-refractivity contribution >= 4 is 17.4 Å². The van der Waals surface area contributed by atoms with Gasteiger partial charge in [0.1, 0.15) is 11.5 Å². The standard InChI is InChI=1S/C17H17ClO2/c1-13-7-8-14(17(18)11-13)12-15(19)9-10-20-16-5-3-2-4-6-16/h2-8,11H,9-10,12H2,1H3. The summed E-state index contributed by atoms with van der Waals surface area (Å²) in [7, 11) is 0. The fourth-order valence-electron chi connectivity index (χ4n) is 1.90. The van der Waals surface area contributed by atoms with E-state index in [1.165, 1.54) is 0 Å². The Hall–Kier alpha value is -1.80. The van der Waals surface area contributed by atoms with Gasteiger partial charge < -0.3 is 4.74 Å². The van der Waals surface area contributed by atoms with Gasteiger partial charge in [-0.3, -0.25) is 4.79 Å². The largest absolute Gasteiger partial charge is 0.493 e. The average Bonchev–Trinajstić information content (AvgIpc) is 2.43. The molecule has 20 heavy (non-hydrogen) atoms. The molecule has 0 aliphatic rings. The lowest BCUT2D eigenvalue weighted by molar-refractivity contribution is -0.118. The van der Waals surface area contributed by atoms with E-state index in [1.807, 2.05) is 55.5 Å². The van der Waals surface area contributed by atoms with E-state index in [4.69, 9.17) is 16.3 Å². The maximum Gasteiger partial charge on any atom is 0.140 e. The molecular weight excluding hydrogens is 272 g/mol. The molecule has 0 bridgehead atoms. The third-order valence-electron chi connectivity index (χ3n) is 2.99. The number of ketones is 1. The third-order valence-corrected chi connectivity index (χ3v) is 3.34. The molecule has 0 aliphatic heterocycles. The maximum atomic E-state index is 11.9. The first-order chi connectivity index (χ1) is 9.65. The highest BCUT2D eigenvalue weighted by atomic mass is 35.5. The van der Waals surface area contributed by atoms with Crippen molar-refractivity contribution in [3.8, 4) is 5.75 Å². The molecule has 0 heterocycles. The van der Waals surface area contributed by atoms with E-state index < -0.39 is 0 Å². The van der Waals surface area contributed by atoms with E-state index in [-0.39, 0.29) is 5.78 Å². The Kier molecular flexibility index (Phi) is 5.19. The highest BCUT2D eigenvalue weighted by Crippen LogP contribution is 2.18. The molecule has 0 spiro atoms. The number of rotatable bonds is 6. The highest BCUT2D eigenvalue weighted by molar-refractivity contribution is 6.31. The van der Waals surface area contributed by atoms with Crippen LogP contribution in [0.3, 0.4) is 0 Å². The third kappa shape index (κ3) is 4.39. The van der Waals surface area contributed by atoms with Gasteiger partial charge in [-0.1, -0.05) is 41.9 Å². The van der Waals surface area contributed by atoms with Crippen molar-refractivity contribution in [3.05, 3.63) is 64.7 Å². The second-order valence-corrected chi connectivity index (χ2v) is 5.13. The van der Waals surface area contributed by atoms with Crippen LogP contribution in [-0.2, 0) is 11.2 Å². The van der Waals surface area contributed by atoms with Crippen LogP contribution in [0.4, 0.5) is 0 Å². The molecular formula is C17H17ClO2. The van der Waals surface area contributed by atoms with Crippen LogP contribution in [0.1, 0.15) is 17.5 Å². The Morgan fingerprint density at radius 3 is 2.60 bits per heavy atom. The Bertz CT molecular complexity index is 579. The summed E-state index contributed by atoms with van der Waals surface area (Å²) >= 11 is 6.12. The van der Waals surface area contributed by atoms with E-state index in [0.29, 0.717) is 24.5 Å². The summed E-state index contributed by atoms with van der Waals surface area (Å²) in [5.41, 5.74) is 1.97. The molecule has 0 N–H and O–H groups in total. The van der Waals surface area contributed by atoms with Crippen molar-refractivity contribution in [2.24, 2.45) is 0 Å². The molecule has 104 valence electrons. The van der Waals surface area contributed by atoms with Gasteiger partial charge in [0.15, 0.2) is 0 Å². The lowest BCUT2D eigenvalue weighted by Gasteiger charge is -2.07. The quantitative estimate of drug-likeness (QED) is 0.795. The predicted octanol–water partition coefficient (Wildman–Crippen LogP) is 4.23. The molecule has 2 rings (SSSR count). The summed E-state index contributed by atoms with van der Waals surface area (Å²) in [6, 6.07) is 15.2. The number of Topliss-reactive ketones (excluding diaryl/α,β-unsaturated/α-hetero) is 1. The number of hydrogen-bond acceptors (Lipinski definition) is 2. The summed E-state index contributed by atoms with van der Waals surface area (Å²) < 4.78 is 5.51. The smallest absolute Gasteiger partial charge is 0.140 e. The van der Waals surface area contributed by atoms with Crippen molar-refractivity contribution in [1.29, 1.82) is 0 Å². The van der Waals surface area contributed by atoms with Crippen LogP contribution in [0.25, 0.3) is 0 Å². The van der Waals surface area contributed by atoms with Crippen molar-refractivity contribution in [2.75, 3.05) is 6.61 Å². The molecule has 0 unspecified atom stereocenters. The molecule has 0 saturated heterocycles. The number of carbonyl (C=O) groups is 1. The number of carbonyl (C=O) groups excluding carboxylic acids is 1. The normalized spacial score (nSPS) is 10.3. The summed E-state index contributed by atoms with van der Waals surface area (Å²) in [6.45, 7) is 2.37. The number of aryl methyl sites for hydroxylation is 1. The maximum absolute atomic E-state index is 11.9. The monoisotopic (exact) mass is 288 g/mol. The van der Waals surface area contributed by atoms with Crippen LogP contribution in [0, 0.1) is 6.92 Å². The number of hydrogen-bond donors (Lipinski definition) is 0. The molecule has 0 radical (unpaired) electrons. The summed E-state index contributed by atoms with van der Waals surface area (Å²) in [4.78, 5) is 11.9. The van der Waals surface area contributed by atoms with Crippen LogP contribution in [0.2, 0.25) is 5.02 Å². The van der Waals surface area contributed by atoms with Gasteiger partial charge in [0.25, 0.3) is 0 Å². The number of benzene rings is 2. The Morgan fingerprint density at radius 1 is 1.15 bits per heavy atom. The summed E-state index contributed by atoms with van der Waals surface area (Å²) in [5.74, 6) is 0.917. The molecule has 0 fully saturated rings. The second kappa shape index (κ2) is 7.11. The SMILES string of the molecule is Cc1ccc(CC(=O)CCOc2ccccc2)c(Cl)c1. The van der Waals surface area contributed by atoms with Gasteiger partial charge in [0, 0.05) is 17.9 Å². The second-order valence-electron chi connectivity index (χ2n) is 4.72. The van der Waals surface area contributed by atoms with Crippen molar-refractivity contribution in [1.82, 2.24) is 0 Å². The lowest BCUT2D eigenvalue weighted by Crippen LogP contribution is -2.09. The number of para-hydroxylation sites is 1. The van der Waals surface area contributed by atoms with Crippen LogP contribution in [-0.4, -0.2) is 12.4 Å². The number of ether oxygens (including phenoxy) is 1. The van der Waals surface area contributed by atoms with Gasteiger partial charge in [0.2, 0.25) is 0 Å². The lowest BCUT2D eigenvalue weighted by atomic mass is 10.1. The van der Waals surface area contributed by atoms with E-state index in [2.05, 4.69) is 0 Å². The van der Waals surface area contributed by atoms with Gasteiger partial charge in [-0.15, -0.1) is 0 Å². The zero-order valence-electron chi connectivity index (χ0n) is 11.4. The van der Waals surface area contributed by atoms with Gasteiger partial charge in [-0.05, 0) is 36.2 Å². The van der Waals surface area contributed by atoms with Crippen molar-refractivity contribution in [2.45, 2.75) is 19.8 Å². The summed E-state index contributed by atoms with van der Waals surface area (Å²) in [5, 5.41) is 0.655. The van der Waals surface area contributed by atoms with Crippen LogP contribution in [0.5, 0.6) is 5.75 Å². The molecule has 2 nitrogen and oxygen atoms in total. The van der Waals surface area contributed by atoms with Crippen LogP contribution in [0.15, 0.2) is 48.5 Å². The minimum absolute atomic E-state index is 0.131. The molecule has 0 aliphatic carbocycles. The van der Waals surface area contributed by atoms with E-state index in [9.17, 15) is 4.79 Å². The molecule has 2 aromatic rings. The molecule has 0 aromatic heterocycles. The Labute approximate surface area is 124 Å². The zero-order chi connectivity index (χ0) is 14.4. The first kappa shape index (κ1) is 14.6. The average molecular weight is 289 g/mol. The first-order valence-corrected chi connectivity index (χ1v) is 6.97. The fraction of sp³-hybridized carbons (Fsp3) is 0.235. The van der Waals surface area contributed by atoms with E-state index >= 15 is 0 Å². The first-order valence-electron chi connectivity index (χ1n) is 6.60. The van der Waals surface area contributed by atoms with Crippen LogP contribution >= 0.6 is 11.6 Å². The fourth-order valence-corrected chi connectivity index (χ4v) is 2.20. The molecule has 3 heteroatoms. The van der Waals surface area contributed by atoms with Gasteiger partial charge in [-0.25, -0.2) is 0 Å².